The van der Waals surface area contributed by atoms with Crippen LogP contribution in [0.15, 0.2) is 6.20 Å². The fourth-order valence-electron chi connectivity index (χ4n) is 3.70. The van der Waals surface area contributed by atoms with Crippen molar-refractivity contribution in [1.29, 1.82) is 0 Å². The molecule has 0 saturated heterocycles. The molecule has 262 valence electrons. The zero-order valence-electron chi connectivity index (χ0n) is 27.7. The third-order valence-electron chi connectivity index (χ3n) is 5.93. The number of ether oxygens (including phenoxy) is 10. The fraction of sp³-hybridized carbons (Fsp3) is 0.706. The van der Waals surface area contributed by atoms with Crippen molar-refractivity contribution in [1.82, 2.24) is 15.0 Å². The van der Waals surface area contributed by atoms with Crippen LogP contribution in [-0.2, 0) is 53.8 Å². The summed E-state index contributed by atoms with van der Waals surface area (Å²) in [7, 11) is 0. The highest BCUT2D eigenvalue weighted by molar-refractivity contribution is 4.93. The van der Waals surface area contributed by atoms with E-state index < -0.39 is 12.2 Å². The van der Waals surface area contributed by atoms with E-state index in [-0.39, 0.29) is 72.1 Å². The van der Waals surface area contributed by atoms with Gasteiger partial charge in [-0.2, -0.15) is 0 Å². The summed E-state index contributed by atoms with van der Waals surface area (Å²) in [5.74, 6) is 9.70. The summed E-state index contributed by atoms with van der Waals surface area (Å²) in [4.78, 5) is 0. The van der Waals surface area contributed by atoms with Gasteiger partial charge in [0.05, 0.1) is 98.2 Å². The minimum Gasteiger partial charge on any atom is -0.376 e. The molecule has 0 aliphatic heterocycles. The van der Waals surface area contributed by atoms with E-state index in [1.165, 1.54) is 0 Å². The van der Waals surface area contributed by atoms with E-state index >= 15 is 0 Å². The Hall–Kier alpha value is -3.02. The summed E-state index contributed by atoms with van der Waals surface area (Å²) < 4.78 is 58.6. The third kappa shape index (κ3) is 23.9. The molecule has 0 N–H and O–H groups in total. The van der Waals surface area contributed by atoms with Crippen molar-refractivity contribution in [3.8, 4) is 49.4 Å². The second-order valence-corrected chi connectivity index (χ2v) is 9.83. The van der Waals surface area contributed by atoms with Crippen molar-refractivity contribution >= 4 is 0 Å². The lowest BCUT2D eigenvalue weighted by Gasteiger charge is -2.25. The van der Waals surface area contributed by atoms with Gasteiger partial charge in [-0.15, -0.1) is 30.8 Å². The van der Waals surface area contributed by atoms with E-state index in [1.807, 2.05) is 6.20 Å². The summed E-state index contributed by atoms with van der Waals surface area (Å²) in [5, 5.41) is 8.67. The van der Waals surface area contributed by atoms with Crippen molar-refractivity contribution in [2.24, 2.45) is 0 Å². The minimum absolute atomic E-state index is 0.222. The van der Waals surface area contributed by atoms with Gasteiger partial charge in [-0.25, -0.2) is 4.68 Å². The highest BCUT2D eigenvalue weighted by Crippen LogP contribution is 2.13. The quantitative estimate of drug-likeness (QED) is 0.0795. The lowest BCUT2D eigenvalue weighted by atomic mass is 10.2. The van der Waals surface area contributed by atoms with E-state index in [4.69, 9.17) is 73.1 Å². The number of terminal acetylenes is 4. The van der Waals surface area contributed by atoms with Crippen molar-refractivity contribution in [3.05, 3.63) is 11.9 Å². The van der Waals surface area contributed by atoms with Crippen molar-refractivity contribution < 1.29 is 47.4 Å². The molecule has 0 aliphatic rings. The molecule has 1 heterocycles. The average Bonchev–Trinajstić information content (AvgIpc) is 3.55. The second-order valence-electron chi connectivity index (χ2n) is 9.83. The smallest absolute Gasteiger partial charge is 0.107 e. The van der Waals surface area contributed by atoms with Gasteiger partial charge in [0.1, 0.15) is 44.7 Å². The Morgan fingerprint density at radius 1 is 0.574 bits per heavy atom. The molecule has 0 fully saturated rings. The highest BCUT2D eigenvalue weighted by Gasteiger charge is 2.21. The number of hydrogen-bond acceptors (Lipinski definition) is 12. The predicted molar refractivity (Wildman–Crippen MR) is 174 cm³/mol. The van der Waals surface area contributed by atoms with E-state index in [1.54, 1.807) is 4.68 Å². The Kier molecular flexibility index (Phi) is 28.2. The van der Waals surface area contributed by atoms with E-state index in [0.29, 0.717) is 52.9 Å². The Labute approximate surface area is 280 Å². The molecule has 0 aliphatic carbocycles. The lowest BCUT2D eigenvalue weighted by molar-refractivity contribution is -0.102. The third-order valence-corrected chi connectivity index (χ3v) is 5.93. The van der Waals surface area contributed by atoms with Crippen LogP contribution in [0.2, 0.25) is 0 Å². The molecule has 47 heavy (non-hydrogen) atoms. The average molecular weight is 662 g/mol. The van der Waals surface area contributed by atoms with Gasteiger partial charge in [-0.3, -0.25) is 0 Å². The molecule has 0 amide bonds. The summed E-state index contributed by atoms with van der Waals surface area (Å²) >= 11 is 0. The molecule has 0 aromatic carbocycles. The zero-order chi connectivity index (χ0) is 34.0. The number of aryl methyl sites for hydroxylation is 1. The van der Waals surface area contributed by atoms with Crippen LogP contribution in [0.3, 0.4) is 0 Å². The number of nitrogens with zero attached hydrogens (tertiary/aromatic N) is 3. The van der Waals surface area contributed by atoms with Gasteiger partial charge in [0.15, 0.2) is 0 Å². The maximum absolute atomic E-state index is 6.30. The minimum atomic E-state index is -0.398. The molecule has 0 radical (unpaired) electrons. The molecule has 13 nitrogen and oxygen atoms in total. The van der Waals surface area contributed by atoms with Crippen molar-refractivity contribution in [3.63, 3.8) is 0 Å². The van der Waals surface area contributed by atoms with Crippen molar-refractivity contribution in [2.75, 3.05) is 119 Å². The molecule has 1 rings (SSSR count). The molecule has 1 aromatic heterocycles. The normalized spacial score (nSPS) is 11.1. The summed E-state index contributed by atoms with van der Waals surface area (Å²) in [6, 6.07) is -0.325. The monoisotopic (exact) mass is 661 g/mol. The Morgan fingerprint density at radius 3 is 1.28 bits per heavy atom. The lowest BCUT2D eigenvalue weighted by Crippen LogP contribution is -2.34. The SMILES string of the molecule is C#CCOCCOCC(COCCOCC#C)OCC(COC(COCCOCC#C)COCCOCC#C)n1cc(CCC)nn1. The topological polar surface area (TPSA) is 123 Å². The molecule has 0 unspecified atom stereocenters. The number of rotatable bonds is 33. The zero-order valence-corrected chi connectivity index (χ0v) is 27.7. The van der Waals surface area contributed by atoms with Gasteiger partial charge < -0.3 is 47.4 Å². The first-order valence-corrected chi connectivity index (χ1v) is 15.7. The molecule has 1 aromatic rings. The van der Waals surface area contributed by atoms with Crippen LogP contribution in [0.25, 0.3) is 0 Å². The second kappa shape index (κ2) is 31.6. The summed E-state index contributed by atoms with van der Waals surface area (Å²) in [5.41, 5.74) is 0.877. The van der Waals surface area contributed by atoms with Gasteiger partial charge in [0.25, 0.3) is 0 Å². The van der Waals surface area contributed by atoms with E-state index in [2.05, 4.69) is 40.9 Å². The van der Waals surface area contributed by atoms with Gasteiger partial charge in [-0.05, 0) is 6.42 Å². The van der Waals surface area contributed by atoms with Gasteiger partial charge in [-0.1, -0.05) is 42.2 Å². The maximum atomic E-state index is 6.30. The van der Waals surface area contributed by atoms with Crippen molar-refractivity contribution in [2.45, 2.75) is 38.0 Å². The first-order valence-electron chi connectivity index (χ1n) is 15.7. The van der Waals surface area contributed by atoms with Gasteiger partial charge in [0.2, 0.25) is 0 Å². The Balaban J connectivity index is 2.86. The Bertz CT molecular complexity index is 931. The first-order chi connectivity index (χ1) is 23.2. The van der Waals surface area contributed by atoms with Gasteiger partial charge in [0, 0.05) is 6.20 Å². The van der Waals surface area contributed by atoms with Crippen LogP contribution >= 0.6 is 0 Å². The number of hydrogen-bond donors (Lipinski definition) is 0. The Morgan fingerprint density at radius 2 is 0.936 bits per heavy atom. The number of aromatic nitrogens is 3. The molecule has 0 bridgehead atoms. The van der Waals surface area contributed by atoms with Crippen LogP contribution < -0.4 is 0 Å². The largest absolute Gasteiger partial charge is 0.376 e. The summed E-state index contributed by atoms with van der Waals surface area (Å²) in [6.07, 6.45) is 23.8. The molecule has 0 saturated carbocycles. The van der Waals surface area contributed by atoms with Crippen LogP contribution in [-0.4, -0.2) is 146 Å². The summed E-state index contributed by atoms with van der Waals surface area (Å²) in [6.45, 7) is 7.40. The molecule has 0 atom stereocenters. The molecular weight excluding hydrogens is 610 g/mol. The van der Waals surface area contributed by atoms with Gasteiger partial charge >= 0.3 is 0 Å². The van der Waals surface area contributed by atoms with E-state index in [9.17, 15) is 0 Å². The first kappa shape index (κ1) is 42.0. The van der Waals surface area contributed by atoms with E-state index in [0.717, 1.165) is 18.5 Å². The highest BCUT2D eigenvalue weighted by atomic mass is 16.6. The van der Waals surface area contributed by atoms with Crippen LogP contribution in [0.1, 0.15) is 25.1 Å². The maximum Gasteiger partial charge on any atom is 0.107 e. The molecule has 0 spiro atoms. The predicted octanol–water partition coefficient (Wildman–Crippen LogP) is 1.21. The van der Waals surface area contributed by atoms with Crippen LogP contribution in [0.5, 0.6) is 0 Å². The van der Waals surface area contributed by atoms with Crippen LogP contribution in [0.4, 0.5) is 0 Å². The van der Waals surface area contributed by atoms with Crippen LogP contribution in [0, 0.1) is 49.4 Å². The standard InChI is InChI=1S/C34H51N3O10/c1-6-11-31-24-37(36-35-31)32(25-46-33(27-42-20-16-38-12-7-2)28-43-21-17-39-13-8-3)26-47-34(29-44-22-18-40-14-9-4)30-45-23-19-41-15-10-5/h2-5,24,32-34H,6,11-23,25-30H2,1H3. The fourth-order valence-corrected chi connectivity index (χ4v) is 3.70. The molecule has 13 heteroatoms. The molecular formula is C34H51N3O10.